The molecule has 14 nitrogen and oxygen atoms in total. The highest BCUT2D eigenvalue weighted by molar-refractivity contribution is 6.10. The number of carbonyl (C=O) groups excluding carboxylic acids is 4. The molecule has 4 amide bonds. The molecule has 3 aromatic rings. The van der Waals surface area contributed by atoms with Gasteiger partial charge in [-0.25, -0.2) is 4.79 Å². The number of alkyl carbamates (subject to hydrolysis) is 1. The maximum atomic E-state index is 13.5. The Labute approximate surface area is 298 Å². The van der Waals surface area contributed by atoms with E-state index in [2.05, 4.69) is 26.3 Å². The predicted octanol–water partition coefficient (Wildman–Crippen LogP) is 5.59. The Morgan fingerprint density at radius 3 is 2.08 bits per heavy atom. The third kappa shape index (κ3) is 13.1. The van der Waals surface area contributed by atoms with Gasteiger partial charge in [0, 0.05) is 24.4 Å². The third-order valence-corrected chi connectivity index (χ3v) is 6.94. The minimum Gasteiger partial charge on any atom is -0.497 e. The first-order chi connectivity index (χ1) is 24.0. The minimum absolute atomic E-state index is 0.129. The van der Waals surface area contributed by atoms with Crippen LogP contribution >= 0.6 is 0 Å². The molecule has 0 saturated carbocycles. The Balaban J connectivity index is 1.65. The predicted molar refractivity (Wildman–Crippen MR) is 193 cm³/mol. The minimum atomic E-state index is -1.02. The molecule has 0 aliphatic heterocycles. The average Bonchev–Trinajstić information content (AvgIpc) is 3.06. The van der Waals surface area contributed by atoms with Crippen molar-refractivity contribution in [3.8, 4) is 17.2 Å². The summed E-state index contributed by atoms with van der Waals surface area (Å²) in [6.45, 7) is 12.8. The summed E-state index contributed by atoms with van der Waals surface area (Å²) in [7, 11) is 3.03. The van der Waals surface area contributed by atoms with E-state index in [1.807, 2.05) is 20.8 Å². The lowest BCUT2D eigenvalue weighted by Gasteiger charge is -2.31. The molecule has 2 atom stereocenters. The van der Waals surface area contributed by atoms with Crippen LogP contribution in [0.4, 0.5) is 16.2 Å². The van der Waals surface area contributed by atoms with Crippen LogP contribution in [0.2, 0.25) is 0 Å². The van der Waals surface area contributed by atoms with Crippen LogP contribution in [0.3, 0.4) is 0 Å². The second kappa shape index (κ2) is 18.0. The molecular formula is C37H49N5O9. The van der Waals surface area contributed by atoms with E-state index >= 15 is 0 Å². The summed E-state index contributed by atoms with van der Waals surface area (Å²) < 4.78 is 27.8. The Hall–Kier alpha value is -5.37. The lowest BCUT2D eigenvalue weighted by atomic mass is 10.1. The number of pyridine rings is 1. The molecular weight excluding hydrogens is 658 g/mol. The summed E-state index contributed by atoms with van der Waals surface area (Å²) in [6.07, 6.45) is 1.88. The maximum absolute atomic E-state index is 13.5. The summed E-state index contributed by atoms with van der Waals surface area (Å²) in [5, 5.41) is 11.0. The molecule has 0 aliphatic carbocycles. The summed E-state index contributed by atoms with van der Waals surface area (Å²) >= 11 is 0. The van der Waals surface area contributed by atoms with E-state index in [-0.39, 0.29) is 24.5 Å². The number of hydrogen-bond donors (Lipinski definition) is 4. The van der Waals surface area contributed by atoms with Crippen molar-refractivity contribution in [2.45, 2.75) is 78.2 Å². The largest absolute Gasteiger partial charge is 0.497 e. The molecule has 14 heteroatoms. The van der Waals surface area contributed by atoms with Gasteiger partial charge in [0.25, 0.3) is 11.8 Å². The van der Waals surface area contributed by atoms with Crippen molar-refractivity contribution in [1.82, 2.24) is 15.6 Å². The van der Waals surface area contributed by atoms with Gasteiger partial charge in [-0.15, -0.1) is 0 Å². The third-order valence-electron chi connectivity index (χ3n) is 6.94. The SMILES string of the molecule is COc1ccc(C(=O)Nc2cnccc2NC(=O)c2ccc(OC)cc2OCCCNC(=O)[C@@H](NC(=O)OC(C)(C)C)[C@@H](C)OC(C)(C)C)cc1. The van der Waals surface area contributed by atoms with Crippen LogP contribution < -0.4 is 35.5 Å². The fraction of sp³-hybridized carbons (Fsp3) is 0.432. The van der Waals surface area contributed by atoms with Crippen LogP contribution in [-0.2, 0) is 14.3 Å². The molecule has 0 fully saturated rings. The van der Waals surface area contributed by atoms with Gasteiger partial charge < -0.3 is 45.0 Å². The zero-order valence-corrected chi connectivity index (χ0v) is 30.7. The van der Waals surface area contributed by atoms with Gasteiger partial charge >= 0.3 is 6.09 Å². The Bertz CT molecular complexity index is 1650. The van der Waals surface area contributed by atoms with E-state index in [1.54, 1.807) is 76.2 Å². The molecule has 0 radical (unpaired) electrons. The Kier molecular flexibility index (Phi) is 14.2. The zero-order valence-electron chi connectivity index (χ0n) is 30.7. The van der Waals surface area contributed by atoms with Crippen molar-refractivity contribution < 1.29 is 42.9 Å². The highest BCUT2D eigenvalue weighted by Crippen LogP contribution is 2.28. The number of nitrogens with one attached hydrogen (secondary N) is 4. The van der Waals surface area contributed by atoms with E-state index in [1.165, 1.54) is 26.6 Å². The van der Waals surface area contributed by atoms with Crippen molar-refractivity contribution in [2.24, 2.45) is 0 Å². The molecule has 0 bridgehead atoms. The molecule has 1 heterocycles. The molecule has 4 N–H and O–H groups in total. The van der Waals surface area contributed by atoms with Gasteiger partial charge in [-0.05, 0) is 97.4 Å². The topological polar surface area (TPSA) is 175 Å². The van der Waals surface area contributed by atoms with Crippen molar-refractivity contribution in [2.75, 3.05) is 38.0 Å². The number of nitrogens with zero attached hydrogens (tertiary/aromatic N) is 1. The zero-order chi connectivity index (χ0) is 37.8. The Morgan fingerprint density at radius 1 is 0.804 bits per heavy atom. The first-order valence-electron chi connectivity index (χ1n) is 16.5. The number of benzene rings is 2. The van der Waals surface area contributed by atoms with Crippen LogP contribution in [0.1, 0.15) is 75.6 Å². The molecule has 0 unspecified atom stereocenters. The van der Waals surface area contributed by atoms with Gasteiger partial charge in [-0.2, -0.15) is 0 Å². The first-order valence-corrected chi connectivity index (χ1v) is 16.5. The quantitative estimate of drug-likeness (QED) is 0.146. The van der Waals surface area contributed by atoms with Gasteiger partial charge in [0.15, 0.2) is 0 Å². The molecule has 0 spiro atoms. The maximum Gasteiger partial charge on any atom is 0.408 e. The second-order valence-corrected chi connectivity index (χ2v) is 13.5. The fourth-order valence-electron chi connectivity index (χ4n) is 4.70. The normalized spacial score (nSPS) is 12.5. The molecule has 0 aliphatic rings. The van der Waals surface area contributed by atoms with Gasteiger partial charge in [0.05, 0.1) is 55.7 Å². The molecule has 2 aromatic carbocycles. The van der Waals surface area contributed by atoms with Gasteiger partial charge in [-0.3, -0.25) is 19.4 Å². The average molecular weight is 708 g/mol. The van der Waals surface area contributed by atoms with Crippen LogP contribution in [0.5, 0.6) is 17.2 Å². The summed E-state index contributed by atoms with van der Waals surface area (Å²) in [5.41, 5.74) is -0.103. The standard InChI is InChI=1S/C37H49N5O9/c1-23(50-36(2,3)4)31(42-35(46)51-37(5,6)7)34(45)39-18-10-20-49-30-21-26(48-9)15-16-27(30)33(44)40-28-17-19-38-22-29(28)41-32(43)24-11-13-25(47-8)14-12-24/h11-17,19,21-23,31H,10,18,20H2,1-9H3,(H,39,45)(H,41,43)(H,42,46)(H,38,40,44)/t23-,31+/m1/s1. The number of rotatable bonds is 15. The van der Waals surface area contributed by atoms with E-state index < -0.39 is 47.2 Å². The van der Waals surface area contributed by atoms with E-state index in [0.717, 1.165) is 0 Å². The van der Waals surface area contributed by atoms with Gasteiger partial charge in [0.2, 0.25) is 5.91 Å². The van der Waals surface area contributed by atoms with Crippen molar-refractivity contribution in [3.05, 3.63) is 72.1 Å². The van der Waals surface area contributed by atoms with E-state index in [4.69, 9.17) is 23.7 Å². The van der Waals surface area contributed by atoms with Crippen molar-refractivity contribution in [3.63, 3.8) is 0 Å². The lowest BCUT2D eigenvalue weighted by molar-refractivity contribution is -0.131. The summed E-state index contributed by atoms with van der Waals surface area (Å²) in [6, 6.07) is 11.9. The van der Waals surface area contributed by atoms with Gasteiger partial charge in [0.1, 0.15) is 28.9 Å². The van der Waals surface area contributed by atoms with Crippen molar-refractivity contribution in [1.29, 1.82) is 0 Å². The van der Waals surface area contributed by atoms with E-state index in [9.17, 15) is 19.2 Å². The van der Waals surface area contributed by atoms with E-state index in [0.29, 0.717) is 34.9 Å². The number of methoxy groups -OCH3 is 2. The molecule has 0 saturated heterocycles. The highest BCUT2D eigenvalue weighted by Gasteiger charge is 2.32. The highest BCUT2D eigenvalue weighted by atomic mass is 16.6. The van der Waals surface area contributed by atoms with Gasteiger partial charge in [-0.1, -0.05) is 0 Å². The van der Waals surface area contributed by atoms with Crippen LogP contribution in [-0.4, -0.2) is 79.5 Å². The number of hydrogen-bond acceptors (Lipinski definition) is 10. The number of amides is 4. The number of carbonyl (C=O) groups is 4. The number of anilines is 2. The fourth-order valence-corrected chi connectivity index (χ4v) is 4.70. The van der Waals surface area contributed by atoms with Crippen LogP contribution in [0.25, 0.3) is 0 Å². The smallest absolute Gasteiger partial charge is 0.408 e. The summed E-state index contributed by atoms with van der Waals surface area (Å²) in [4.78, 5) is 56.2. The number of ether oxygens (including phenoxy) is 5. The molecule has 3 rings (SSSR count). The van der Waals surface area contributed by atoms with Crippen molar-refractivity contribution >= 4 is 35.2 Å². The number of aromatic nitrogens is 1. The monoisotopic (exact) mass is 707 g/mol. The molecule has 51 heavy (non-hydrogen) atoms. The second-order valence-electron chi connectivity index (χ2n) is 13.5. The molecule has 276 valence electrons. The molecule has 1 aromatic heterocycles. The summed E-state index contributed by atoms with van der Waals surface area (Å²) in [5.74, 6) is -0.0318. The van der Waals surface area contributed by atoms with Crippen LogP contribution in [0, 0.1) is 0 Å². The van der Waals surface area contributed by atoms with Crippen LogP contribution in [0.15, 0.2) is 60.9 Å². The lowest BCUT2D eigenvalue weighted by Crippen LogP contribution is -2.55. The first kappa shape index (κ1) is 40.1. The Morgan fingerprint density at radius 2 is 1.45 bits per heavy atom.